The van der Waals surface area contributed by atoms with Crippen molar-refractivity contribution >= 4 is 5.97 Å². The minimum Gasteiger partial charge on any atom is -0.466 e. The molecule has 0 bridgehead atoms. The molecule has 0 saturated carbocycles. The van der Waals surface area contributed by atoms with Crippen LogP contribution >= 0.6 is 0 Å². The topological polar surface area (TPSA) is 54.0 Å². The first-order valence-corrected chi connectivity index (χ1v) is 8.32. The van der Waals surface area contributed by atoms with Gasteiger partial charge in [0.2, 0.25) is 0 Å². The molecule has 1 heterocycles. The van der Waals surface area contributed by atoms with Gasteiger partial charge in [-0.05, 0) is 31.7 Å². The average Bonchev–Trinajstić information content (AvgIpc) is 2.57. The van der Waals surface area contributed by atoms with Crippen LogP contribution < -0.4 is 0 Å². The second-order valence-corrected chi connectivity index (χ2v) is 5.56. The fourth-order valence-corrected chi connectivity index (χ4v) is 2.47. The smallest absolute Gasteiger partial charge is 0.308 e. The molecule has 0 N–H and O–H groups in total. The van der Waals surface area contributed by atoms with E-state index < -0.39 is 0 Å². The Bertz CT molecular complexity index is 442. The second-order valence-electron chi connectivity index (χ2n) is 5.56. The van der Waals surface area contributed by atoms with Crippen molar-refractivity contribution in [1.29, 1.82) is 0 Å². The highest BCUT2D eigenvalue weighted by Crippen LogP contribution is 2.17. The summed E-state index contributed by atoms with van der Waals surface area (Å²) in [4.78, 5) is 11.7. The molecule has 0 aromatic heterocycles. The first-order chi connectivity index (χ1) is 11.3. The summed E-state index contributed by atoms with van der Waals surface area (Å²) in [6, 6.07) is 9.93. The van der Waals surface area contributed by atoms with Crippen molar-refractivity contribution in [3.63, 3.8) is 0 Å². The van der Waals surface area contributed by atoms with Gasteiger partial charge in [0.25, 0.3) is 0 Å². The van der Waals surface area contributed by atoms with Crippen LogP contribution in [-0.2, 0) is 30.3 Å². The monoisotopic (exact) mass is 322 g/mol. The molecule has 0 unspecified atom stereocenters. The van der Waals surface area contributed by atoms with E-state index in [1.165, 1.54) is 0 Å². The van der Waals surface area contributed by atoms with E-state index in [0.29, 0.717) is 26.4 Å². The van der Waals surface area contributed by atoms with E-state index in [2.05, 4.69) is 0 Å². The van der Waals surface area contributed by atoms with Crippen molar-refractivity contribution in [2.24, 2.45) is 0 Å². The first kappa shape index (κ1) is 17.9. The molecular formula is C18H26O5. The van der Waals surface area contributed by atoms with E-state index in [-0.39, 0.29) is 24.8 Å². The minimum absolute atomic E-state index is 0.183. The summed E-state index contributed by atoms with van der Waals surface area (Å²) in [7, 11) is 0. The van der Waals surface area contributed by atoms with Gasteiger partial charge in [-0.25, -0.2) is 0 Å². The Morgan fingerprint density at radius 2 is 2.13 bits per heavy atom. The summed E-state index contributed by atoms with van der Waals surface area (Å²) in [5, 5.41) is 0. The molecule has 2 rings (SSSR count). The van der Waals surface area contributed by atoms with Gasteiger partial charge in [0.05, 0.1) is 32.3 Å². The molecule has 0 aliphatic carbocycles. The first-order valence-electron chi connectivity index (χ1n) is 8.32. The van der Waals surface area contributed by atoms with Gasteiger partial charge in [0.15, 0.2) is 6.29 Å². The van der Waals surface area contributed by atoms with Gasteiger partial charge < -0.3 is 18.9 Å². The predicted molar refractivity (Wildman–Crippen MR) is 85.8 cm³/mol. The number of carbonyl (C=O) groups excluding carboxylic acids is 1. The number of ether oxygens (including phenoxy) is 4. The molecule has 1 aromatic carbocycles. The fourth-order valence-electron chi connectivity index (χ4n) is 2.47. The maximum atomic E-state index is 11.7. The molecule has 5 heteroatoms. The van der Waals surface area contributed by atoms with Gasteiger partial charge in [-0.2, -0.15) is 0 Å². The lowest BCUT2D eigenvalue weighted by Crippen LogP contribution is -2.32. The van der Waals surface area contributed by atoms with E-state index in [0.717, 1.165) is 24.8 Å². The van der Waals surface area contributed by atoms with Gasteiger partial charge in [-0.15, -0.1) is 0 Å². The quantitative estimate of drug-likeness (QED) is 0.654. The lowest BCUT2D eigenvalue weighted by Gasteiger charge is -2.27. The Hall–Kier alpha value is -1.43. The molecule has 1 saturated heterocycles. The fraction of sp³-hybridized carbons (Fsp3) is 0.611. The zero-order valence-corrected chi connectivity index (χ0v) is 13.7. The van der Waals surface area contributed by atoms with E-state index in [1.54, 1.807) is 6.92 Å². The van der Waals surface area contributed by atoms with Crippen molar-refractivity contribution < 1.29 is 23.7 Å². The minimum atomic E-state index is -0.346. The summed E-state index contributed by atoms with van der Waals surface area (Å²) in [5.74, 6) is -0.267. The summed E-state index contributed by atoms with van der Waals surface area (Å²) in [6.07, 6.45) is 2.60. The predicted octanol–water partition coefficient (Wildman–Crippen LogP) is 3.07. The van der Waals surface area contributed by atoms with Crippen LogP contribution in [0, 0.1) is 0 Å². The Morgan fingerprint density at radius 1 is 1.30 bits per heavy atom. The van der Waals surface area contributed by atoms with Gasteiger partial charge >= 0.3 is 5.97 Å². The third kappa shape index (κ3) is 7.12. The van der Waals surface area contributed by atoms with Crippen LogP contribution in [0.15, 0.2) is 30.3 Å². The van der Waals surface area contributed by atoms with Crippen molar-refractivity contribution in [1.82, 2.24) is 0 Å². The molecule has 128 valence electrons. The van der Waals surface area contributed by atoms with Crippen molar-refractivity contribution in [3.05, 3.63) is 35.9 Å². The number of carbonyl (C=O) groups is 1. The van der Waals surface area contributed by atoms with Gasteiger partial charge in [0, 0.05) is 6.61 Å². The van der Waals surface area contributed by atoms with Crippen LogP contribution in [0.25, 0.3) is 0 Å². The highest BCUT2D eigenvalue weighted by Gasteiger charge is 2.23. The molecule has 1 fully saturated rings. The molecule has 0 radical (unpaired) electrons. The molecule has 5 nitrogen and oxygen atoms in total. The number of benzene rings is 1. The van der Waals surface area contributed by atoms with E-state index >= 15 is 0 Å². The van der Waals surface area contributed by atoms with Crippen LogP contribution in [0.2, 0.25) is 0 Å². The number of hydrogen-bond acceptors (Lipinski definition) is 5. The number of rotatable bonds is 9. The highest BCUT2D eigenvalue weighted by molar-refractivity contribution is 5.69. The average molecular weight is 322 g/mol. The Labute approximate surface area is 137 Å². The normalized spacial score (nSPS) is 19.3. The molecule has 0 amide bonds. The summed E-state index contributed by atoms with van der Waals surface area (Å²) >= 11 is 0. The number of hydrogen-bond donors (Lipinski definition) is 0. The maximum absolute atomic E-state index is 11.7. The van der Waals surface area contributed by atoms with Gasteiger partial charge in [-0.1, -0.05) is 30.3 Å². The second kappa shape index (κ2) is 10.4. The van der Waals surface area contributed by atoms with Crippen molar-refractivity contribution in [2.45, 2.75) is 51.6 Å². The van der Waals surface area contributed by atoms with Gasteiger partial charge in [0.1, 0.15) is 0 Å². The van der Waals surface area contributed by atoms with Crippen molar-refractivity contribution in [2.75, 3.05) is 19.8 Å². The largest absolute Gasteiger partial charge is 0.466 e. The van der Waals surface area contributed by atoms with E-state index in [9.17, 15) is 4.79 Å². The lowest BCUT2D eigenvalue weighted by molar-refractivity contribution is -0.202. The SMILES string of the molecule is CCOC(=O)C[C@@H](COCc1ccccc1)O[C@H]1CCCCO1. The third-order valence-electron chi connectivity index (χ3n) is 3.60. The van der Waals surface area contributed by atoms with Crippen LogP contribution in [0.4, 0.5) is 0 Å². The molecule has 1 aliphatic heterocycles. The van der Waals surface area contributed by atoms with Gasteiger partial charge in [-0.3, -0.25) is 4.79 Å². The number of esters is 1. The van der Waals surface area contributed by atoms with Crippen LogP contribution in [-0.4, -0.2) is 38.2 Å². The Kier molecular flexibility index (Phi) is 8.07. The van der Waals surface area contributed by atoms with Crippen LogP contribution in [0.3, 0.4) is 0 Å². The molecule has 1 aliphatic rings. The third-order valence-corrected chi connectivity index (χ3v) is 3.60. The Morgan fingerprint density at radius 3 is 2.83 bits per heavy atom. The lowest BCUT2D eigenvalue weighted by atomic mass is 10.2. The molecular weight excluding hydrogens is 296 g/mol. The summed E-state index contributed by atoms with van der Waals surface area (Å²) in [5.41, 5.74) is 1.09. The highest BCUT2D eigenvalue weighted by atomic mass is 16.7. The van der Waals surface area contributed by atoms with E-state index in [4.69, 9.17) is 18.9 Å². The Balaban J connectivity index is 1.80. The molecule has 0 spiro atoms. The zero-order chi connectivity index (χ0) is 16.3. The molecule has 1 aromatic rings. The van der Waals surface area contributed by atoms with Crippen LogP contribution in [0.1, 0.15) is 38.2 Å². The van der Waals surface area contributed by atoms with E-state index in [1.807, 2.05) is 30.3 Å². The zero-order valence-electron chi connectivity index (χ0n) is 13.7. The van der Waals surface area contributed by atoms with Crippen LogP contribution in [0.5, 0.6) is 0 Å². The van der Waals surface area contributed by atoms with Crippen molar-refractivity contribution in [3.8, 4) is 0 Å². The maximum Gasteiger partial charge on any atom is 0.308 e. The standard InChI is InChI=1S/C18H26O5/c1-2-21-17(19)12-16(23-18-10-6-7-11-22-18)14-20-13-15-8-4-3-5-9-15/h3-5,8-9,16,18H,2,6-7,10-14H2,1H3/t16-,18-/m0/s1. The summed E-state index contributed by atoms with van der Waals surface area (Å²) in [6.45, 7) is 3.71. The summed E-state index contributed by atoms with van der Waals surface area (Å²) < 4.78 is 22.2. The molecule has 23 heavy (non-hydrogen) atoms. The molecule has 2 atom stereocenters.